The van der Waals surface area contributed by atoms with Crippen LogP contribution in [-0.2, 0) is 16.0 Å². The van der Waals surface area contributed by atoms with Crippen molar-refractivity contribution in [3.8, 4) is 0 Å². The number of hydrogen-bond acceptors (Lipinski definition) is 2. The predicted octanol–water partition coefficient (Wildman–Crippen LogP) is 1.86. The van der Waals surface area contributed by atoms with Crippen LogP contribution in [0.5, 0.6) is 0 Å². The third-order valence-corrected chi connectivity index (χ3v) is 4.11. The molecule has 21 heavy (non-hydrogen) atoms. The highest BCUT2D eigenvalue weighted by Crippen LogP contribution is 2.19. The molecule has 1 aliphatic heterocycles. The molecule has 0 bridgehead atoms. The molecular formula is C17H24N2O2. The molecule has 1 aromatic rings. The van der Waals surface area contributed by atoms with Crippen LogP contribution in [0.1, 0.15) is 24.0 Å². The van der Waals surface area contributed by atoms with Gasteiger partial charge >= 0.3 is 0 Å². The minimum Gasteiger partial charge on any atom is -0.349 e. The Kier molecular flexibility index (Phi) is 4.99. The molecule has 4 nitrogen and oxygen atoms in total. The Morgan fingerprint density at radius 2 is 1.71 bits per heavy atom. The summed E-state index contributed by atoms with van der Waals surface area (Å²) in [4.78, 5) is 27.7. The molecule has 0 saturated carbocycles. The lowest BCUT2D eigenvalue weighted by Crippen LogP contribution is -2.43. The van der Waals surface area contributed by atoms with Gasteiger partial charge in [-0.2, -0.15) is 0 Å². The van der Waals surface area contributed by atoms with Crippen LogP contribution in [0.25, 0.3) is 0 Å². The summed E-state index contributed by atoms with van der Waals surface area (Å²) in [6.45, 7) is 3.42. The zero-order chi connectivity index (χ0) is 15.4. The average molecular weight is 288 g/mol. The van der Waals surface area contributed by atoms with Crippen molar-refractivity contribution >= 4 is 11.8 Å². The number of carbonyl (C=O) groups is 2. The summed E-state index contributed by atoms with van der Waals surface area (Å²) in [5.74, 6) is 0.415. The SMILES string of the molecule is Cc1ccc(CC(=O)N2CCC(C(=O)N(C)C)CC2)cc1. The van der Waals surface area contributed by atoms with Gasteiger partial charge in [-0.1, -0.05) is 29.8 Å². The monoisotopic (exact) mass is 288 g/mol. The van der Waals surface area contributed by atoms with Gasteiger partial charge in [0.05, 0.1) is 6.42 Å². The first-order valence-corrected chi connectivity index (χ1v) is 7.52. The number of carbonyl (C=O) groups excluding carboxylic acids is 2. The van der Waals surface area contributed by atoms with Gasteiger partial charge in [-0.05, 0) is 25.3 Å². The molecule has 1 heterocycles. The van der Waals surface area contributed by atoms with Gasteiger partial charge < -0.3 is 9.80 Å². The predicted molar refractivity (Wildman–Crippen MR) is 82.9 cm³/mol. The van der Waals surface area contributed by atoms with Crippen molar-refractivity contribution in [3.05, 3.63) is 35.4 Å². The van der Waals surface area contributed by atoms with Gasteiger partial charge in [-0.25, -0.2) is 0 Å². The molecule has 0 aromatic heterocycles. The van der Waals surface area contributed by atoms with Gasteiger partial charge in [0.2, 0.25) is 11.8 Å². The van der Waals surface area contributed by atoms with E-state index in [2.05, 4.69) is 0 Å². The number of aryl methyl sites for hydroxylation is 1. The van der Waals surface area contributed by atoms with Gasteiger partial charge in [0.1, 0.15) is 0 Å². The Bertz CT molecular complexity index is 500. The first-order valence-electron chi connectivity index (χ1n) is 7.52. The number of hydrogen-bond donors (Lipinski definition) is 0. The largest absolute Gasteiger partial charge is 0.349 e. The number of amides is 2. The summed E-state index contributed by atoms with van der Waals surface area (Å²) < 4.78 is 0. The number of benzene rings is 1. The second-order valence-corrected chi connectivity index (χ2v) is 6.05. The second kappa shape index (κ2) is 6.74. The van der Waals surface area contributed by atoms with Crippen molar-refractivity contribution in [2.45, 2.75) is 26.2 Å². The lowest BCUT2D eigenvalue weighted by molar-refractivity contribution is -0.138. The topological polar surface area (TPSA) is 40.6 Å². The van der Waals surface area contributed by atoms with E-state index in [1.54, 1.807) is 19.0 Å². The van der Waals surface area contributed by atoms with E-state index in [-0.39, 0.29) is 17.7 Å². The summed E-state index contributed by atoms with van der Waals surface area (Å²) in [7, 11) is 3.58. The molecule has 0 unspecified atom stereocenters. The summed E-state index contributed by atoms with van der Waals surface area (Å²) in [5.41, 5.74) is 2.26. The number of rotatable bonds is 3. The molecule has 1 saturated heterocycles. The minimum atomic E-state index is 0.0726. The summed E-state index contributed by atoms with van der Waals surface area (Å²) in [6, 6.07) is 8.08. The van der Waals surface area contributed by atoms with Crippen molar-refractivity contribution in [2.75, 3.05) is 27.2 Å². The zero-order valence-corrected chi connectivity index (χ0v) is 13.1. The first-order chi connectivity index (χ1) is 9.97. The molecule has 0 radical (unpaired) electrons. The summed E-state index contributed by atoms with van der Waals surface area (Å²) in [5, 5.41) is 0. The Balaban J connectivity index is 1.86. The number of piperidine rings is 1. The molecule has 2 rings (SSSR count). The van der Waals surface area contributed by atoms with Crippen LogP contribution in [-0.4, -0.2) is 48.8 Å². The maximum Gasteiger partial charge on any atom is 0.226 e. The van der Waals surface area contributed by atoms with E-state index in [0.717, 1.165) is 18.4 Å². The smallest absolute Gasteiger partial charge is 0.226 e. The van der Waals surface area contributed by atoms with Crippen LogP contribution >= 0.6 is 0 Å². The second-order valence-electron chi connectivity index (χ2n) is 6.05. The third-order valence-electron chi connectivity index (χ3n) is 4.11. The summed E-state index contributed by atoms with van der Waals surface area (Å²) in [6.07, 6.45) is 2.00. The van der Waals surface area contributed by atoms with E-state index in [1.165, 1.54) is 5.56 Å². The minimum absolute atomic E-state index is 0.0726. The molecule has 2 amide bonds. The van der Waals surface area contributed by atoms with Crippen LogP contribution in [0.2, 0.25) is 0 Å². The molecule has 0 N–H and O–H groups in total. The van der Waals surface area contributed by atoms with Crippen molar-refractivity contribution in [1.29, 1.82) is 0 Å². The van der Waals surface area contributed by atoms with Gasteiger partial charge in [0, 0.05) is 33.1 Å². The lowest BCUT2D eigenvalue weighted by Gasteiger charge is -2.32. The Morgan fingerprint density at radius 3 is 2.24 bits per heavy atom. The lowest BCUT2D eigenvalue weighted by atomic mass is 9.95. The fourth-order valence-electron chi connectivity index (χ4n) is 2.73. The number of likely N-dealkylation sites (tertiary alicyclic amines) is 1. The fraction of sp³-hybridized carbons (Fsp3) is 0.529. The van der Waals surface area contributed by atoms with Crippen LogP contribution in [0.15, 0.2) is 24.3 Å². The van der Waals surface area contributed by atoms with Crippen molar-refractivity contribution < 1.29 is 9.59 Å². The van der Waals surface area contributed by atoms with E-state index in [0.29, 0.717) is 19.5 Å². The molecule has 114 valence electrons. The molecule has 1 aromatic carbocycles. The van der Waals surface area contributed by atoms with Crippen LogP contribution in [0, 0.1) is 12.8 Å². The van der Waals surface area contributed by atoms with Crippen LogP contribution < -0.4 is 0 Å². The summed E-state index contributed by atoms with van der Waals surface area (Å²) >= 11 is 0. The maximum atomic E-state index is 12.3. The fourth-order valence-corrected chi connectivity index (χ4v) is 2.73. The first kappa shape index (κ1) is 15.5. The molecule has 4 heteroatoms. The Labute approximate surface area is 126 Å². The van der Waals surface area contributed by atoms with Crippen LogP contribution in [0.3, 0.4) is 0 Å². The van der Waals surface area contributed by atoms with Crippen molar-refractivity contribution in [3.63, 3.8) is 0 Å². The average Bonchev–Trinajstić information content (AvgIpc) is 2.49. The van der Waals surface area contributed by atoms with E-state index in [1.807, 2.05) is 36.1 Å². The molecule has 1 fully saturated rings. The van der Waals surface area contributed by atoms with Crippen molar-refractivity contribution in [2.24, 2.45) is 5.92 Å². The standard InChI is InChI=1S/C17H24N2O2/c1-13-4-6-14(7-5-13)12-16(20)19-10-8-15(9-11-19)17(21)18(2)3/h4-7,15H,8-12H2,1-3H3. The molecule has 0 spiro atoms. The molecule has 0 aliphatic carbocycles. The van der Waals surface area contributed by atoms with E-state index < -0.39 is 0 Å². The number of nitrogens with zero attached hydrogens (tertiary/aromatic N) is 2. The van der Waals surface area contributed by atoms with E-state index >= 15 is 0 Å². The normalized spacial score (nSPS) is 15.9. The van der Waals surface area contributed by atoms with Gasteiger partial charge in [-0.15, -0.1) is 0 Å². The molecular weight excluding hydrogens is 264 g/mol. The zero-order valence-electron chi connectivity index (χ0n) is 13.1. The highest BCUT2D eigenvalue weighted by molar-refractivity contribution is 5.80. The van der Waals surface area contributed by atoms with Gasteiger partial charge in [0.15, 0.2) is 0 Å². The third kappa shape index (κ3) is 4.06. The van der Waals surface area contributed by atoms with Crippen LogP contribution in [0.4, 0.5) is 0 Å². The van der Waals surface area contributed by atoms with Gasteiger partial charge in [-0.3, -0.25) is 9.59 Å². The van der Waals surface area contributed by atoms with E-state index in [4.69, 9.17) is 0 Å². The van der Waals surface area contributed by atoms with Crippen molar-refractivity contribution in [1.82, 2.24) is 9.80 Å². The Hall–Kier alpha value is -1.84. The highest BCUT2D eigenvalue weighted by atomic mass is 16.2. The maximum absolute atomic E-state index is 12.3. The van der Waals surface area contributed by atoms with Gasteiger partial charge in [0.25, 0.3) is 0 Å². The molecule has 1 aliphatic rings. The van der Waals surface area contributed by atoms with E-state index in [9.17, 15) is 9.59 Å². The quantitative estimate of drug-likeness (QED) is 0.852. The highest BCUT2D eigenvalue weighted by Gasteiger charge is 2.27. The Morgan fingerprint density at radius 1 is 1.14 bits per heavy atom. The molecule has 0 atom stereocenters.